The predicted molar refractivity (Wildman–Crippen MR) is 74.6 cm³/mol. The lowest BCUT2D eigenvalue weighted by atomic mass is 10.0. The molecule has 3 atom stereocenters. The quantitative estimate of drug-likeness (QED) is 0.638. The van der Waals surface area contributed by atoms with Crippen molar-refractivity contribution in [1.29, 1.82) is 0 Å². The summed E-state index contributed by atoms with van der Waals surface area (Å²) < 4.78 is 16.4. The van der Waals surface area contributed by atoms with Gasteiger partial charge in [-0.3, -0.25) is 4.79 Å². The fourth-order valence-electron chi connectivity index (χ4n) is 2.28. The molecule has 1 aliphatic rings. The predicted octanol–water partition coefficient (Wildman–Crippen LogP) is 1.15. The van der Waals surface area contributed by atoms with Crippen LogP contribution >= 0.6 is 11.8 Å². The van der Waals surface area contributed by atoms with Crippen LogP contribution in [0.2, 0.25) is 0 Å². The van der Waals surface area contributed by atoms with E-state index in [1.807, 2.05) is 20.8 Å². The van der Waals surface area contributed by atoms with Gasteiger partial charge in [0.25, 0.3) is 0 Å². The van der Waals surface area contributed by atoms with Crippen molar-refractivity contribution in [1.82, 2.24) is 20.6 Å². The van der Waals surface area contributed by atoms with Crippen LogP contribution in [0.3, 0.4) is 0 Å². The van der Waals surface area contributed by atoms with E-state index in [9.17, 15) is 4.79 Å². The highest BCUT2D eigenvalue weighted by molar-refractivity contribution is 7.99. The third-order valence-corrected chi connectivity index (χ3v) is 4.20. The zero-order valence-corrected chi connectivity index (χ0v) is 13.3. The van der Waals surface area contributed by atoms with E-state index in [1.165, 1.54) is 18.9 Å². The van der Waals surface area contributed by atoms with Gasteiger partial charge in [-0.05, 0) is 19.1 Å². The van der Waals surface area contributed by atoms with E-state index in [4.69, 9.17) is 14.2 Å². The Labute approximate surface area is 127 Å². The highest BCUT2D eigenvalue weighted by atomic mass is 32.2. The van der Waals surface area contributed by atoms with E-state index in [0.29, 0.717) is 11.6 Å². The maximum atomic E-state index is 11.4. The second-order valence-corrected chi connectivity index (χ2v) is 6.67. The first-order valence-corrected chi connectivity index (χ1v) is 7.60. The molecule has 0 saturated carbocycles. The Morgan fingerprint density at radius 3 is 2.95 bits per heavy atom. The standard InChI is InChI=1S/C12H20N4O4S/c1-7(21-11-13-15-16-14-11)9-5-8(6-10(17)18-4)19-12(2,3)20-9/h7-9H,5-6H2,1-4H3,(H,13,14,15,16)/t7?,8-,9?/m0/s1. The zero-order valence-electron chi connectivity index (χ0n) is 12.5. The van der Waals surface area contributed by atoms with Gasteiger partial charge in [0.1, 0.15) is 0 Å². The minimum atomic E-state index is -0.742. The Hall–Kier alpha value is -1.19. The fraction of sp³-hybridized carbons (Fsp3) is 0.833. The number of ether oxygens (including phenoxy) is 3. The number of nitrogens with zero attached hydrogens (tertiary/aromatic N) is 3. The Morgan fingerprint density at radius 2 is 2.33 bits per heavy atom. The number of hydrogen-bond acceptors (Lipinski definition) is 8. The molecule has 1 saturated heterocycles. The third-order valence-electron chi connectivity index (χ3n) is 3.14. The van der Waals surface area contributed by atoms with E-state index < -0.39 is 5.79 Å². The lowest BCUT2D eigenvalue weighted by Gasteiger charge is -2.42. The van der Waals surface area contributed by atoms with Crippen molar-refractivity contribution in [3.63, 3.8) is 0 Å². The van der Waals surface area contributed by atoms with Crippen molar-refractivity contribution in [3.8, 4) is 0 Å². The van der Waals surface area contributed by atoms with Gasteiger partial charge in [-0.25, -0.2) is 0 Å². The highest BCUT2D eigenvalue weighted by Gasteiger charge is 2.39. The number of methoxy groups -OCH3 is 1. The molecule has 1 aromatic heterocycles. The Bertz CT molecular complexity index is 468. The molecule has 1 aromatic rings. The van der Waals surface area contributed by atoms with Gasteiger partial charge >= 0.3 is 5.97 Å². The zero-order chi connectivity index (χ0) is 15.5. The molecular weight excluding hydrogens is 296 g/mol. The lowest BCUT2D eigenvalue weighted by Crippen LogP contribution is -2.48. The SMILES string of the molecule is COC(=O)C[C@@H]1CC(C(C)Sc2nn[nH]n2)OC(C)(C)O1. The maximum Gasteiger partial charge on any atom is 0.308 e. The first-order chi connectivity index (χ1) is 9.89. The molecule has 8 nitrogen and oxygen atoms in total. The second kappa shape index (κ2) is 6.71. The molecule has 0 aromatic carbocycles. The Kier molecular flexibility index (Phi) is 5.17. The molecule has 0 radical (unpaired) electrons. The van der Waals surface area contributed by atoms with Crippen LogP contribution in [-0.4, -0.2) is 56.9 Å². The van der Waals surface area contributed by atoms with Crippen LogP contribution in [0, 0.1) is 0 Å². The smallest absolute Gasteiger partial charge is 0.308 e. The molecule has 0 amide bonds. The van der Waals surface area contributed by atoms with E-state index in [-0.39, 0.29) is 29.8 Å². The number of H-pyrrole nitrogens is 1. The van der Waals surface area contributed by atoms with Crippen LogP contribution in [0.15, 0.2) is 5.16 Å². The third kappa shape index (κ3) is 4.65. The number of rotatable bonds is 5. The Balaban J connectivity index is 1.99. The molecule has 21 heavy (non-hydrogen) atoms. The number of aromatic amines is 1. The van der Waals surface area contributed by atoms with Gasteiger partial charge in [0.15, 0.2) is 5.79 Å². The highest BCUT2D eigenvalue weighted by Crippen LogP contribution is 2.34. The fourth-order valence-corrected chi connectivity index (χ4v) is 3.11. The van der Waals surface area contributed by atoms with Gasteiger partial charge in [-0.1, -0.05) is 18.7 Å². The molecular formula is C12H20N4O4S. The topological polar surface area (TPSA) is 99.2 Å². The van der Waals surface area contributed by atoms with E-state index in [1.54, 1.807) is 0 Å². The maximum absolute atomic E-state index is 11.4. The summed E-state index contributed by atoms with van der Waals surface area (Å²) in [6.45, 7) is 5.71. The number of nitrogens with one attached hydrogen (secondary N) is 1. The number of aromatic nitrogens is 4. The van der Waals surface area contributed by atoms with Crippen LogP contribution < -0.4 is 0 Å². The van der Waals surface area contributed by atoms with Gasteiger partial charge < -0.3 is 14.2 Å². The average molecular weight is 316 g/mol. The van der Waals surface area contributed by atoms with Crippen LogP contribution in [0.5, 0.6) is 0 Å². The number of thioether (sulfide) groups is 1. The van der Waals surface area contributed by atoms with Crippen molar-refractivity contribution in [2.75, 3.05) is 7.11 Å². The molecule has 1 fully saturated rings. The summed E-state index contributed by atoms with van der Waals surface area (Å²) in [5, 5.41) is 14.5. The number of esters is 1. The van der Waals surface area contributed by atoms with Crippen molar-refractivity contribution in [3.05, 3.63) is 0 Å². The molecule has 9 heteroatoms. The summed E-state index contributed by atoms with van der Waals surface area (Å²) in [6.07, 6.45) is 0.538. The Morgan fingerprint density at radius 1 is 1.57 bits per heavy atom. The number of carbonyl (C=O) groups excluding carboxylic acids is 1. The minimum Gasteiger partial charge on any atom is -0.469 e. The van der Waals surface area contributed by atoms with Crippen molar-refractivity contribution in [2.45, 2.75) is 62.0 Å². The minimum absolute atomic E-state index is 0.0769. The van der Waals surface area contributed by atoms with Gasteiger partial charge in [0, 0.05) is 11.7 Å². The molecule has 0 bridgehead atoms. The number of tetrazole rings is 1. The molecule has 1 N–H and O–H groups in total. The van der Waals surface area contributed by atoms with Crippen LogP contribution in [0.1, 0.15) is 33.6 Å². The van der Waals surface area contributed by atoms with Crippen molar-refractivity contribution in [2.24, 2.45) is 0 Å². The van der Waals surface area contributed by atoms with Crippen LogP contribution in [0.25, 0.3) is 0 Å². The summed E-state index contributed by atoms with van der Waals surface area (Å²) in [6, 6.07) is 0. The summed E-state index contributed by atoms with van der Waals surface area (Å²) in [5.41, 5.74) is 0. The van der Waals surface area contributed by atoms with E-state index >= 15 is 0 Å². The number of carbonyl (C=O) groups is 1. The summed E-state index contributed by atoms with van der Waals surface area (Å²) >= 11 is 1.47. The summed E-state index contributed by atoms with van der Waals surface area (Å²) in [5.74, 6) is -1.02. The molecule has 1 aliphatic heterocycles. The van der Waals surface area contributed by atoms with Crippen LogP contribution in [-0.2, 0) is 19.0 Å². The number of hydrogen-bond donors (Lipinski definition) is 1. The van der Waals surface area contributed by atoms with E-state index in [2.05, 4.69) is 20.6 Å². The molecule has 0 aliphatic carbocycles. The first-order valence-electron chi connectivity index (χ1n) is 6.72. The lowest BCUT2D eigenvalue weighted by molar-refractivity contribution is -0.298. The van der Waals surface area contributed by atoms with E-state index in [0.717, 1.165) is 0 Å². The first kappa shape index (κ1) is 16.2. The molecule has 2 unspecified atom stereocenters. The molecule has 118 valence electrons. The van der Waals surface area contributed by atoms with Gasteiger partial charge in [-0.2, -0.15) is 5.21 Å². The second-order valence-electron chi connectivity index (χ2n) is 5.33. The van der Waals surface area contributed by atoms with Crippen molar-refractivity contribution >= 4 is 17.7 Å². The van der Waals surface area contributed by atoms with Crippen molar-refractivity contribution < 1.29 is 19.0 Å². The summed E-state index contributed by atoms with van der Waals surface area (Å²) in [4.78, 5) is 11.4. The van der Waals surface area contributed by atoms with Crippen LogP contribution in [0.4, 0.5) is 0 Å². The molecule has 0 spiro atoms. The monoisotopic (exact) mass is 316 g/mol. The summed E-state index contributed by atoms with van der Waals surface area (Å²) in [7, 11) is 1.37. The van der Waals surface area contributed by atoms with Gasteiger partial charge in [0.2, 0.25) is 5.16 Å². The van der Waals surface area contributed by atoms with Gasteiger partial charge in [0.05, 0.1) is 25.7 Å². The largest absolute Gasteiger partial charge is 0.469 e. The normalized spacial score (nSPS) is 26.3. The average Bonchev–Trinajstić information content (AvgIpc) is 2.89. The van der Waals surface area contributed by atoms with Gasteiger partial charge in [-0.15, -0.1) is 10.2 Å². The molecule has 2 heterocycles. The molecule has 2 rings (SSSR count).